The molecule has 0 aliphatic rings. The zero-order chi connectivity index (χ0) is 7.40. The maximum atomic E-state index is 10.6. The molecule has 0 aliphatic heterocycles. The van der Waals surface area contributed by atoms with Crippen molar-refractivity contribution in [3.63, 3.8) is 0 Å². The van der Waals surface area contributed by atoms with Crippen LogP contribution in [0.3, 0.4) is 0 Å². The summed E-state index contributed by atoms with van der Waals surface area (Å²) in [6.45, 7) is 0.137. The van der Waals surface area contributed by atoms with Gasteiger partial charge in [-0.05, 0) is 12.0 Å². The number of hydrogen-bond donors (Lipinski definition) is 1. The van der Waals surface area contributed by atoms with Crippen molar-refractivity contribution in [2.45, 2.75) is 6.42 Å². The van der Waals surface area contributed by atoms with Crippen molar-refractivity contribution in [3.8, 4) is 5.75 Å². The summed E-state index contributed by atoms with van der Waals surface area (Å²) in [6.07, 6.45) is 0.625. The molecule has 0 fully saturated rings. The molecule has 11 heavy (non-hydrogen) atoms. The molecule has 0 spiro atoms. The van der Waals surface area contributed by atoms with Crippen LogP contribution in [0.4, 0.5) is 0 Å². The van der Waals surface area contributed by atoms with Crippen LogP contribution < -0.4 is 34.7 Å². The molecular formula is C8H9NaO2. The zero-order valence-electron chi connectivity index (χ0n) is 6.58. The maximum absolute atomic E-state index is 10.6. The minimum Gasteiger partial charge on any atom is -0.872 e. The third kappa shape index (κ3) is 3.77. The van der Waals surface area contributed by atoms with Gasteiger partial charge in [-0.15, -0.1) is 5.75 Å². The molecule has 3 heteroatoms. The van der Waals surface area contributed by atoms with Crippen LogP contribution in [0.15, 0.2) is 24.3 Å². The summed E-state index contributed by atoms with van der Waals surface area (Å²) in [5.74, 6) is 0.0155. The summed E-state index contributed by atoms with van der Waals surface area (Å²) >= 11 is 0. The van der Waals surface area contributed by atoms with E-state index in [2.05, 4.69) is 0 Å². The van der Waals surface area contributed by atoms with Crippen LogP contribution in [-0.2, 0) is 6.42 Å². The van der Waals surface area contributed by atoms with E-state index in [1.54, 1.807) is 12.1 Å². The zero-order valence-corrected chi connectivity index (χ0v) is 8.58. The largest absolute Gasteiger partial charge is 1.00 e. The fourth-order valence-electron chi connectivity index (χ4n) is 0.785. The van der Waals surface area contributed by atoms with E-state index in [0.717, 1.165) is 5.56 Å². The van der Waals surface area contributed by atoms with E-state index in [1.165, 1.54) is 12.1 Å². The van der Waals surface area contributed by atoms with E-state index in [1.807, 2.05) is 0 Å². The van der Waals surface area contributed by atoms with Gasteiger partial charge in [0.1, 0.15) is 0 Å². The van der Waals surface area contributed by atoms with E-state index >= 15 is 0 Å². The second kappa shape index (κ2) is 5.61. The van der Waals surface area contributed by atoms with Crippen molar-refractivity contribution in [2.75, 3.05) is 6.61 Å². The molecule has 0 heterocycles. The third-order valence-corrected chi connectivity index (χ3v) is 1.32. The van der Waals surface area contributed by atoms with E-state index in [0.29, 0.717) is 6.42 Å². The van der Waals surface area contributed by atoms with Crippen molar-refractivity contribution < 1.29 is 39.8 Å². The first-order valence-electron chi connectivity index (χ1n) is 3.20. The molecule has 0 aliphatic carbocycles. The van der Waals surface area contributed by atoms with E-state index in [-0.39, 0.29) is 41.9 Å². The molecular weight excluding hydrogens is 151 g/mol. The van der Waals surface area contributed by atoms with Gasteiger partial charge in [0.05, 0.1) is 0 Å². The Labute approximate surface area is 88.2 Å². The van der Waals surface area contributed by atoms with Crippen molar-refractivity contribution >= 4 is 0 Å². The van der Waals surface area contributed by atoms with Gasteiger partial charge >= 0.3 is 29.6 Å². The Morgan fingerprint density at radius 1 is 1.18 bits per heavy atom. The van der Waals surface area contributed by atoms with Gasteiger partial charge in [-0.3, -0.25) is 0 Å². The Balaban J connectivity index is 0.000001000. The molecule has 1 aromatic rings. The maximum Gasteiger partial charge on any atom is 1.00 e. The molecule has 1 N–H and O–H groups in total. The summed E-state index contributed by atoms with van der Waals surface area (Å²) in [7, 11) is 0. The second-order valence-electron chi connectivity index (χ2n) is 2.12. The van der Waals surface area contributed by atoms with Gasteiger partial charge in [0.2, 0.25) is 0 Å². The van der Waals surface area contributed by atoms with Crippen molar-refractivity contribution in [1.29, 1.82) is 0 Å². The predicted molar refractivity (Wildman–Crippen MR) is 36.7 cm³/mol. The molecule has 0 amide bonds. The fraction of sp³-hybridized carbons (Fsp3) is 0.250. The molecule has 0 bridgehead atoms. The minimum absolute atomic E-state index is 0. The SMILES string of the molecule is [Na+].[O-]c1ccc(CCO)cc1. The Bertz CT molecular complexity index is 196. The normalized spacial score (nSPS) is 8.82. The number of aliphatic hydroxyl groups is 1. The summed E-state index contributed by atoms with van der Waals surface area (Å²) < 4.78 is 0. The van der Waals surface area contributed by atoms with Gasteiger partial charge in [-0.1, -0.05) is 24.3 Å². The minimum atomic E-state index is 0. The number of aliphatic hydroxyl groups excluding tert-OH is 1. The molecule has 0 unspecified atom stereocenters. The van der Waals surface area contributed by atoms with Crippen LogP contribution in [0, 0.1) is 0 Å². The Morgan fingerprint density at radius 2 is 1.73 bits per heavy atom. The Morgan fingerprint density at radius 3 is 2.18 bits per heavy atom. The van der Waals surface area contributed by atoms with Crippen molar-refractivity contribution in [3.05, 3.63) is 29.8 Å². The molecule has 0 radical (unpaired) electrons. The predicted octanol–water partition coefficient (Wildman–Crippen LogP) is -2.70. The van der Waals surface area contributed by atoms with Crippen LogP contribution in [0.1, 0.15) is 5.56 Å². The molecule has 0 saturated carbocycles. The van der Waals surface area contributed by atoms with Gasteiger partial charge in [-0.2, -0.15) is 0 Å². The first-order valence-corrected chi connectivity index (χ1v) is 3.20. The number of hydrogen-bond acceptors (Lipinski definition) is 2. The summed E-state index contributed by atoms with van der Waals surface area (Å²) in [5.41, 5.74) is 1.00. The van der Waals surface area contributed by atoms with Crippen LogP contribution in [0.25, 0.3) is 0 Å². The molecule has 0 saturated heterocycles. The van der Waals surface area contributed by atoms with Crippen molar-refractivity contribution in [2.24, 2.45) is 0 Å². The van der Waals surface area contributed by atoms with E-state index in [9.17, 15) is 5.11 Å². The first kappa shape index (κ1) is 11.0. The van der Waals surface area contributed by atoms with Gasteiger partial charge < -0.3 is 10.2 Å². The third-order valence-electron chi connectivity index (χ3n) is 1.32. The molecule has 0 aromatic heterocycles. The van der Waals surface area contributed by atoms with Crippen LogP contribution in [-0.4, -0.2) is 11.7 Å². The Hall–Kier alpha value is -0.0200. The average molecular weight is 160 g/mol. The standard InChI is InChI=1S/C8H10O2.Na/c9-6-5-7-1-3-8(10)4-2-7;/h1-4,9-10H,5-6H2;/q;+1/p-1. The summed E-state index contributed by atoms with van der Waals surface area (Å²) in [6, 6.07) is 6.48. The van der Waals surface area contributed by atoms with Gasteiger partial charge in [0, 0.05) is 6.61 Å². The molecule has 1 rings (SSSR count). The molecule has 54 valence electrons. The monoisotopic (exact) mass is 160 g/mol. The first-order chi connectivity index (χ1) is 4.83. The van der Waals surface area contributed by atoms with Gasteiger partial charge in [0.25, 0.3) is 0 Å². The fourth-order valence-corrected chi connectivity index (χ4v) is 0.785. The van der Waals surface area contributed by atoms with Crippen LogP contribution in [0.5, 0.6) is 5.75 Å². The van der Waals surface area contributed by atoms with Crippen LogP contribution >= 0.6 is 0 Å². The van der Waals surface area contributed by atoms with E-state index < -0.39 is 0 Å². The number of rotatable bonds is 2. The van der Waals surface area contributed by atoms with Crippen LogP contribution in [0.2, 0.25) is 0 Å². The van der Waals surface area contributed by atoms with Gasteiger partial charge in [0.15, 0.2) is 0 Å². The quantitative estimate of drug-likeness (QED) is 0.478. The van der Waals surface area contributed by atoms with Crippen molar-refractivity contribution in [1.82, 2.24) is 0 Å². The molecule has 2 nitrogen and oxygen atoms in total. The van der Waals surface area contributed by atoms with E-state index in [4.69, 9.17) is 5.11 Å². The summed E-state index contributed by atoms with van der Waals surface area (Å²) in [5, 5.41) is 19.1. The molecule has 1 aromatic carbocycles. The van der Waals surface area contributed by atoms with Gasteiger partial charge in [-0.25, -0.2) is 0 Å². The smallest absolute Gasteiger partial charge is 0.872 e. The second-order valence-corrected chi connectivity index (χ2v) is 2.12. The Kier molecular flexibility index (Phi) is 5.60. The average Bonchev–Trinajstić information content (AvgIpc) is 1.95. The summed E-state index contributed by atoms with van der Waals surface area (Å²) in [4.78, 5) is 0. The number of benzene rings is 1. The molecule has 0 atom stereocenters. The topological polar surface area (TPSA) is 43.3 Å².